The summed E-state index contributed by atoms with van der Waals surface area (Å²) in [5, 5.41) is 0. The molecule has 1 aromatic heterocycles. The fourth-order valence-corrected chi connectivity index (χ4v) is 3.47. The maximum Gasteiger partial charge on any atom is 0.107 e. The number of H-pyrrole nitrogens is 1. The largest absolute Gasteiger partial charge is 0.349 e. The second-order valence-corrected chi connectivity index (χ2v) is 6.58. The van der Waals surface area contributed by atoms with Crippen LogP contribution in [0.3, 0.4) is 0 Å². The van der Waals surface area contributed by atoms with Crippen molar-refractivity contribution in [1.82, 2.24) is 9.97 Å². The lowest BCUT2D eigenvalue weighted by atomic mass is 10.1. The van der Waals surface area contributed by atoms with Crippen LogP contribution in [0.25, 0.3) is 0 Å². The van der Waals surface area contributed by atoms with Gasteiger partial charge in [-0.05, 0) is 46.4 Å². The van der Waals surface area contributed by atoms with Gasteiger partial charge in [-0.3, -0.25) is 0 Å². The van der Waals surface area contributed by atoms with Gasteiger partial charge in [0.2, 0.25) is 0 Å². The Kier molecular flexibility index (Phi) is 4.43. The highest BCUT2D eigenvalue weighted by Gasteiger charge is 2.13. The van der Waals surface area contributed by atoms with E-state index in [1.807, 2.05) is 6.20 Å². The SMILES string of the molecule is Brc1ccc(I)cc1C(Br)Cc1ncc[nH]1. The zero-order valence-corrected chi connectivity index (χ0v) is 13.6. The third-order valence-corrected chi connectivity index (χ3v) is 4.43. The molecule has 84 valence electrons. The molecule has 0 bridgehead atoms. The van der Waals surface area contributed by atoms with E-state index in [0.717, 1.165) is 16.7 Å². The molecule has 1 N–H and O–H groups in total. The van der Waals surface area contributed by atoms with E-state index in [-0.39, 0.29) is 4.83 Å². The Labute approximate surface area is 125 Å². The Morgan fingerprint density at radius 3 is 2.94 bits per heavy atom. The van der Waals surface area contributed by atoms with Gasteiger partial charge in [0.1, 0.15) is 5.82 Å². The van der Waals surface area contributed by atoms with E-state index in [1.54, 1.807) is 6.20 Å². The smallest absolute Gasteiger partial charge is 0.107 e. The van der Waals surface area contributed by atoms with Gasteiger partial charge in [-0.1, -0.05) is 31.9 Å². The average molecular weight is 456 g/mol. The maximum absolute atomic E-state index is 4.23. The number of rotatable bonds is 3. The van der Waals surface area contributed by atoms with E-state index < -0.39 is 0 Å². The lowest BCUT2D eigenvalue weighted by Crippen LogP contribution is -1.98. The second kappa shape index (κ2) is 5.64. The fraction of sp³-hybridized carbons (Fsp3) is 0.182. The minimum absolute atomic E-state index is 0.266. The molecule has 0 saturated carbocycles. The van der Waals surface area contributed by atoms with Crippen molar-refractivity contribution in [1.29, 1.82) is 0 Å². The molecule has 1 aromatic carbocycles. The zero-order valence-electron chi connectivity index (χ0n) is 8.25. The van der Waals surface area contributed by atoms with Gasteiger partial charge >= 0.3 is 0 Å². The topological polar surface area (TPSA) is 28.7 Å². The van der Waals surface area contributed by atoms with Crippen molar-refractivity contribution >= 4 is 54.5 Å². The number of halogens is 3. The molecule has 5 heteroatoms. The lowest BCUT2D eigenvalue weighted by Gasteiger charge is -2.11. The van der Waals surface area contributed by atoms with Crippen LogP contribution < -0.4 is 0 Å². The first-order valence-corrected chi connectivity index (χ1v) is 7.53. The number of alkyl halides is 1. The molecule has 0 aliphatic carbocycles. The summed E-state index contributed by atoms with van der Waals surface area (Å²) in [6.45, 7) is 0. The first-order chi connectivity index (χ1) is 7.66. The van der Waals surface area contributed by atoms with Crippen LogP contribution >= 0.6 is 54.5 Å². The van der Waals surface area contributed by atoms with Crippen LogP contribution in [0.1, 0.15) is 16.2 Å². The molecule has 2 aromatic rings. The van der Waals surface area contributed by atoms with Crippen LogP contribution in [-0.2, 0) is 6.42 Å². The second-order valence-electron chi connectivity index (χ2n) is 3.37. The Morgan fingerprint density at radius 1 is 1.44 bits per heavy atom. The zero-order chi connectivity index (χ0) is 11.5. The summed E-state index contributed by atoms with van der Waals surface area (Å²) in [6.07, 6.45) is 4.48. The molecule has 0 radical (unpaired) electrons. The molecule has 0 aliphatic rings. The van der Waals surface area contributed by atoms with Gasteiger partial charge in [-0.15, -0.1) is 0 Å². The summed E-state index contributed by atoms with van der Waals surface area (Å²) in [5.41, 5.74) is 1.25. The standard InChI is InChI=1S/C11H9Br2IN2/c12-9-2-1-7(14)5-8(9)10(13)6-11-15-3-4-16-11/h1-5,10H,6H2,(H,15,16). The van der Waals surface area contributed by atoms with Crippen LogP contribution in [0.15, 0.2) is 35.1 Å². The van der Waals surface area contributed by atoms with Gasteiger partial charge in [0.05, 0.1) is 0 Å². The summed E-state index contributed by atoms with van der Waals surface area (Å²) in [6, 6.07) is 6.33. The molecule has 0 fully saturated rings. The van der Waals surface area contributed by atoms with Gasteiger partial charge in [0.15, 0.2) is 0 Å². The van der Waals surface area contributed by atoms with Crippen molar-refractivity contribution in [3.63, 3.8) is 0 Å². The quantitative estimate of drug-likeness (QED) is 0.537. The minimum atomic E-state index is 0.266. The molecule has 0 aliphatic heterocycles. The van der Waals surface area contributed by atoms with Crippen LogP contribution in [0, 0.1) is 3.57 Å². The van der Waals surface area contributed by atoms with Crippen molar-refractivity contribution in [3.05, 3.63) is 50.0 Å². The van der Waals surface area contributed by atoms with Gasteiger partial charge in [-0.25, -0.2) is 4.98 Å². The monoisotopic (exact) mass is 454 g/mol. The molecule has 0 amide bonds. The van der Waals surface area contributed by atoms with Crippen LogP contribution in [-0.4, -0.2) is 9.97 Å². The van der Waals surface area contributed by atoms with E-state index in [2.05, 4.69) is 82.6 Å². The predicted molar refractivity (Wildman–Crippen MR) is 80.8 cm³/mol. The highest BCUT2D eigenvalue weighted by atomic mass is 127. The lowest BCUT2D eigenvalue weighted by molar-refractivity contribution is 0.872. The van der Waals surface area contributed by atoms with Crippen molar-refractivity contribution in [2.24, 2.45) is 0 Å². The van der Waals surface area contributed by atoms with E-state index in [4.69, 9.17) is 0 Å². The highest BCUT2D eigenvalue weighted by Crippen LogP contribution is 2.32. The summed E-state index contributed by atoms with van der Waals surface area (Å²) < 4.78 is 2.36. The Bertz CT molecular complexity index is 471. The number of aromatic amines is 1. The van der Waals surface area contributed by atoms with Gasteiger partial charge in [0, 0.05) is 31.7 Å². The Morgan fingerprint density at radius 2 is 2.25 bits per heavy atom. The van der Waals surface area contributed by atoms with Crippen LogP contribution in [0.4, 0.5) is 0 Å². The number of hydrogen-bond acceptors (Lipinski definition) is 1. The average Bonchev–Trinajstić information content (AvgIpc) is 2.74. The highest BCUT2D eigenvalue weighted by molar-refractivity contribution is 14.1. The Balaban J connectivity index is 2.20. The number of nitrogens with one attached hydrogen (secondary N) is 1. The van der Waals surface area contributed by atoms with Gasteiger partial charge < -0.3 is 4.98 Å². The first-order valence-electron chi connectivity index (χ1n) is 4.74. The predicted octanol–water partition coefficient (Wildman–Crippen LogP) is 4.46. The van der Waals surface area contributed by atoms with Crippen molar-refractivity contribution < 1.29 is 0 Å². The maximum atomic E-state index is 4.23. The Hall–Kier alpha value is 0.120. The van der Waals surface area contributed by atoms with Crippen molar-refractivity contribution in [2.45, 2.75) is 11.2 Å². The van der Waals surface area contributed by atoms with Gasteiger partial charge in [-0.2, -0.15) is 0 Å². The normalized spacial score (nSPS) is 12.7. The molecular formula is C11H9Br2IN2. The molecule has 0 spiro atoms. The third-order valence-electron chi connectivity index (χ3n) is 2.22. The first kappa shape index (κ1) is 12.6. The minimum Gasteiger partial charge on any atom is -0.349 e. The van der Waals surface area contributed by atoms with E-state index in [9.17, 15) is 0 Å². The van der Waals surface area contributed by atoms with Gasteiger partial charge in [0.25, 0.3) is 0 Å². The molecule has 1 unspecified atom stereocenters. The summed E-state index contributed by atoms with van der Waals surface area (Å²) in [7, 11) is 0. The number of benzene rings is 1. The van der Waals surface area contributed by atoms with E-state index in [1.165, 1.54) is 9.13 Å². The van der Waals surface area contributed by atoms with Crippen molar-refractivity contribution in [3.8, 4) is 0 Å². The summed E-state index contributed by atoms with van der Waals surface area (Å²) >= 11 is 9.59. The molecule has 1 atom stereocenters. The van der Waals surface area contributed by atoms with Crippen LogP contribution in [0.5, 0.6) is 0 Å². The summed E-state index contributed by atoms with van der Waals surface area (Å²) in [4.78, 5) is 7.61. The number of hydrogen-bond donors (Lipinski definition) is 1. The number of nitrogens with zero attached hydrogens (tertiary/aromatic N) is 1. The van der Waals surface area contributed by atoms with E-state index in [0.29, 0.717) is 0 Å². The number of aromatic nitrogens is 2. The molecule has 2 rings (SSSR count). The molecule has 1 heterocycles. The number of imidazole rings is 1. The van der Waals surface area contributed by atoms with Crippen molar-refractivity contribution in [2.75, 3.05) is 0 Å². The summed E-state index contributed by atoms with van der Waals surface area (Å²) in [5.74, 6) is 0.993. The van der Waals surface area contributed by atoms with E-state index >= 15 is 0 Å². The molecule has 0 saturated heterocycles. The third kappa shape index (κ3) is 3.07. The molecule has 2 nitrogen and oxygen atoms in total. The molecular weight excluding hydrogens is 447 g/mol. The molecule has 16 heavy (non-hydrogen) atoms. The van der Waals surface area contributed by atoms with Crippen LogP contribution in [0.2, 0.25) is 0 Å². The fourth-order valence-electron chi connectivity index (χ4n) is 1.44.